The fourth-order valence-corrected chi connectivity index (χ4v) is 2.50. The summed E-state index contributed by atoms with van der Waals surface area (Å²) in [5, 5.41) is 0. The van der Waals surface area contributed by atoms with Crippen LogP contribution in [0.5, 0.6) is 0 Å². The van der Waals surface area contributed by atoms with Crippen LogP contribution in [-0.4, -0.2) is 20.3 Å². The second-order valence-corrected chi connectivity index (χ2v) is 5.96. The molecule has 6 heteroatoms. The zero-order valence-electron chi connectivity index (χ0n) is 14.2. The first-order chi connectivity index (χ1) is 11.7. The molecule has 0 N–H and O–H groups in total. The van der Waals surface area contributed by atoms with E-state index >= 15 is 0 Å². The molecule has 0 aliphatic rings. The van der Waals surface area contributed by atoms with Gasteiger partial charge >= 0.3 is 6.18 Å². The lowest BCUT2D eigenvalue weighted by atomic mass is 10.0. The Morgan fingerprint density at radius 3 is 2.20 bits per heavy atom. The molecular formula is C19H19BF3NO. The molecule has 1 amide bonds. The van der Waals surface area contributed by atoms with Crippen LogP contribution in [0.1, 0.15) is 22.3 Å². The van der Waals surface area contributed by atoms with Crippen LogP contribution >= 0.6 is 0 Å². The maximum Gasteiger partial charge on any atom is 0.416 e. The number of hydrogen-bond donors (Lipinski definition) is 0. The number of aryl methyl sites for hydroxylation is 2. The maximum absolute atomic E-state index is 12.6. The van der Waals surface area contributed by atoms with E-state index in [-0.39, 0.29) is 12.2 Å². The van der Waals surface area contributed by atoms with Gasteiger partial charge in [0, 0.05) is 12.2 Å². The van der Waals surface area contributed by atoms with Gasteiger partial charge < -0.3 is 4.90 Å². The number of carbonyl (C=O) groups excluding carboxylic acids is 1. The second-order valence-electron chi connectivity index (χ2n) is 5.96. The highest BCUT2D eigenvalue weighted by molar-refractivity contribution is 6.22. The van der Waals surface area contributed by atoms with Gasteiger partial charge in [0.15, 0.2) is 0 Å². The van der Waals surface area contributed by atoms with Crippen molar-refractivity contribution >= 4 is 19.4 Å². The molecule has 2 nitrogen and oxygen atoms in total. The topological polar surface area (TPSA) is 20.3 Å². The number of benzene rings is 2. The zero-order valence-corrected chi connectivity index (χ0v) is 14.2. The predicted octanol–water partition coefficient (Wildman–Crippen LogP) is 4.48. The highest BCUT2D eigenvalue weighted by Crippen LogP contribution is 2.29. The lowest BCUT2D eigenvalue weighted by molar-refractivity contribution is -0.137. The normalized spacial score (nSPS) is 11.4. The predicted molar refractivity (Wildman–Crippen MR) is 94.0 cm³/mol. The van der Waals surface area contributed by atoms with Gasteiger partial charge in [-0.1, -0.05) is 18.2 Å². The molecule has 2 radical (unpaired) electrons. The molecule has 0 aliphatic carbocycles. The van der Waals surface area contributed by atoms with Crippen LogP contribution in [0.2, 0.25) is 6.32 Å². The summed E-state index contributed by atoms with van der Waals surface area (Å²) < 4.78 is 37.8. The van der Waals surface area contributed by atoms with E-state index in [1.54, 1.807) is 4.90 Å². The highest BCUT2D eigenvalue weighted by Gasteiger charge is 2.29. The molecule has 2 aromatic carbocycles. The van der Waals surface area contributed by atoms with E-state index in [1.165, 1.54) is 12.1 Å². The van der Waals surface area contributed by atoms with E-state index in [4.69, 9.17) is 7.85 Å². The van der Waals surface area contributed by atoms with Crippen molar-refractivity contribution in [2.24, 2.45) is 0 Å². The molecule has 0 aliphatic heterocycles. The first-order valence-corrected chi connectivity index (χ1v) is 7.96. The maximum atomic E-state index is 12.6. The Morgan fingerprint density at radius 2 is 1.68 bits per heavy atom. The minimum atomic E-state index is -4.35. The van der Waals surface area contributed by atoms with Crippen LogP contribution in [0, 0.1) is 13.8 Å². The van der Waals surface area contributed by atoms with Crippen LogP contribution in [-0.2, 0) is 17.4 Å². The summed E-state index contributed by atoms with van der Waals surface area (Å²) >= 11 is 0. The Balaban J connectivity index is 2.15. The molecule has 0 bridgehead atoms. The number of rotatable bonds is 5. The van der Waals surface area contributed by atoms with Crippen molar-refractivity contribution in [1.82, 2.24) is 0 Å². The van der Waals surface area contributed by atoms with Crippen molar-refractivity contribution in [2.45, 2.75) is 32.8 Å². The van der Waals surface area contributed by atoms with Crippen molar-refractivity contribution in [3.63, 3.8) is 0 Å². The fraction of sp³-hybridized carbons (Fsp3) is 0.316. The number of halogens is 3. The molecule has 25 heavy (non-hydrogen) atoms. The summed E-state index contributed by atoms with van der Waals surface area (Å²) in [5.41, 5.74) is 2.96. The molecule has 0 spiro atoms. The average molecular weight is 345 g/mol. The van der Waals surface area contributed by atoms with Gasteiger partial charge in [0.25, 0.3) is 0 Å². The van der Waals surface area contributed by atoms with Crippen molar-refractivity contribution in [2.75, 3.05) is 11.4 Å². The summed E-state index contributed by atoms with van der Waals surface area (Å²) in [6.07, 6.45) is -4.03. The standard InChI is InChI=1S/C19H19BF3NO/c1-13-3-8-17(11-14(13)2)24(18(25)12-20)10-9-15-4-6-16(7-5-15)19(21,22)23/h3-8,11H,9-10,12H2,1-2H3. The SMILES string of the molecule is [B]CC(=O)N(CCc1ccc(C(F)(F)F)cc1)c1ccc(C)c(C)c1. The number of amides is 1. The lowest BCUT2D eigenvalue weighted by Gasteiger charge is -2.23. The molecule has 0 atom stereocenters. The number of anilines is 1. The number of hydrogen-bond acceptors (Lipinski definition) is 1. The van der Waals surface area contributed by atoms with Crippen molar-refractivity contribution in [1.29, 1.82) is 0 Å². The first kappa shape index (κ1) is 19.1. The Labute approximate surface area is 147 Å². The largest absolute Gasteiger partial charge is 0.416 e. The molecule has 0 saturated carbocycles. The summed E-state index contributed by atoms with van der Waals surface area (Å²) in [6.45, 7) is 4.29. The molecule has 0 saturated heterocycles. The molecule has 0 unspecified atom stereocenters. The van der Waals surface area contributed by atoms with Crippen molar-refractivity contribution < 1.29 is 18.0 Å². The van der Waals surface area contributed by atoms with E-state index in [1.807, 2.05) is 32.0 Å². The van der Waals surface area contributed by atoms with E-state index in [0.29, 0.717) is 13.0 Å². The van der Waals surface area contributed by atoms with Crippen LogP contribution in [0.25, 0.3) is 0 Å². The van der Waals surface area contributed by atoms with Crippen LogP contribution in [0.15, 0.2) is 42.5 Å². The molecule has 2 aromatic rings. The molecule has 2 rings (SSSR count). The van der Waals surface area contributed by atoms with Gasteiger partial charge in [-0.3, -0.25) is 4.79 Å². The molecule has 0 fully saturated rings. The Morgan fingerprint density at radius 1 is 1.04 bits per heavy atom. The van der Waals surface area contributed by atoms with Gasteiger partial charge in [0.05, 0.1) is 13.4 Å². The minimum absolute atomic E-state index is 0.125. The van der Waals surface area contributed by atoms with Gasteiger partial charge in [-0.25, -0.2) is 0 Å². The molecular weight excluding hydrogens is 326 g/mol. The van der Waals surface area contributed by atoms with Gasteiger partial charge in [0.2, 0.25) is 5.91 Å². The Kier molecular flexibility index (Phi) is 5.93. The number of carbonyl (C=O) groups is 1. The summed E-state index contributed by atoms with van der Waals surface area (Å²) in [5.74, 6) is -0.227. The quantitative estimate of drug-likeness (QED) is 0.732. The van der Waals surface area contributed by atoms with Crippen LogP contribution in [0.4, 0.5) is 18.9 Å². The Hall–Kier alpha value is -2.24. The van der Waals surface area contributed by atoms with E-state index in [0.717, 1.165) is 34.5 Å². The Bertz CT molecular complexity index is 741. The summed E-state index contributed by atoms with van der Waals surface area (Å²) in [7, 11) is 5.50. The van der Waals surface area contributed by atoms with Crippen molar-refractivity contribution in [3.8, 4) is 0 Å². The van der Waals surface area contributed by atoms with Gasteiger partial charge in [-0.05, 0) is 67.5 Å². The fourth-order valence-electron chi connectivity index (χ4n) is 2.50. The molecule has 130 valence electrons. The van der Waals surface area contributed by atoms with E-state index < -0.39 is 11.7 Å². The summed E-state index contributed by atoms with van der Waals surface area (Å²) in [6, 6.07) is 10.7. The number of nitrogens with zero attached hydrogens (tertiary/aromatic N) is 1. The smallest absolute Gasteiger partial charge is 0.313 e. The molecule has 0 heterocycles. The monoisotopic (exact) mass is 345 g/mol. The highest BCUT2D eigenvalue weighted by atomic mass is 19.4. The van der Waals surface area contributed by atoms with Crippen LogP contribution in [0.3, 0.4) is 0 Å². The van der Waals surface area contributed by atoms with Gasteiger partial charge in [-0.15, -0.1) is 0 Å². The first-order valence-electron chi connectivity index (χ1n) is 7.96. The summed E-state index contributed by atoms with van der Waals surface area (Å²) in [4.78, 5) is 13.7. The minimum Gasteiger partial charge on any atom is -0.313 e. The van der Waals surface area contributed by atoms with E-state index in [9.17, 15) is 18.0 Å². The number of alkyl halides is 3. The van der Waals surface area contributed by atoms with Crippen molar-refractivity contribution in [3.05, 3.63) is 64.7 Å². The third-order valence-electron chi connectivity index (χ3n) is 4.18. The van der Waals surface area contributed by atoms with Gasteiger partial charge in [-0.2, -0.15) is 13.2 Å². The zero-order chi connectivity index (χ0) is 18.6. The lowest BCUT2D eigenvalue weighted by Crippen LogP contribution is -2.32. The third-order valence-corrected chi connectivity index (χ3v) is 4.18. The van der Waals surface area contributed by atoms with Crippen LogP contribution < -0.4 is 4.90 Å². The van der Waals surface area contributed by atoms with E-state index in [2.05, 4.69) is 0 Å². The van der Waals surface area contributed by atoms with Gasteiger partial charge in [0.1, 0.15) is 0 Å². The average Bonchev–Trinajstić information content (AvgIpc) is 2.57. The third kappa shape index (κ3) is 4.87. The molecule has 0 aromatic heterocycles. The second kappa shape index (κ2) is 7.76.